The molecule has 0 heterocycles. The molecular weight excluding hydrogens is 288 g/mol. The Morgan fingerprint density at radius 2 is 1.82 bits per heavy atom. The molecule has 6 heteroatoms. The molecule has 118 valence electrons. The predicted octanol–water partition coefficient (Wildman–Crippen LogP) is 2.44. The summed E-state index contributed by atoms with van der Waals surface area (Å²) in [5.41, 5.74) is 0.0679. The summed E-state index contributed by atoms with van der Waals surface area (Å²) >= 11 is 0. The van der Waals surface area contributed by atoms with Crippen molar-refractivity contribution >= 4 is 17.9 Å². The highest BCUT2D eigenvalue weighted by Crippen LogP contribution is 2.13. The fourth-order valence-corrected chi connectivity index (χ4v) is 1.59. The SMILES string of the molecule is C=C(C)C(=O)OCC(CC)OC(=O)c1ccccc1C(=O)O. The highest BCUT2D eigenvalue weighted by Gasteiger charge is 2.21. The average Bonchev–Trinajstić information content (AvgIpc) is 2.50. The summed E-state index contributed by atoms with van der Waals surface area (Å²) in [6, 6.07) is 5.76. The van der Waals surface area contributed by atoms with E-state index < -0.39 is 24.0 Å². The maximum absolute atomic E-state index is 12.1. The van der Waals surface area contributed by atoms with Crippen LogP contribution in [0, 0.1) is 0 Å². The van der Waals surface area contributed by atoms with Crippen LogP contribution in [0.25, 0.3) is 0 Å². The van der Waals surface area contributed by atoms with Crippen molar-refractivity contribution in [3.05, 3.63) is 47.5 Å². The first-order valence-electron chi connectivity index (χ1n) is 6.72. The molecule has 1 aromatic carbocycles. The largest absolute Gasteiger partial charge is 0.478 e. The Kier molecular flexibility index (Phi) is 6.31. The summed E-state index contributed by atoms with van der Waals surface area (Å²) in [4.78, 5) is 34.5. The van der Waals surface area contributed by atoms with Crippen molar-refractivity contribution in [2.24, 2.45) is 0 Å². The molecule has 1 N–H and O–H groups in total. The molecule has 0 bridgehead atoms. The van der Waals surface area contributed by atoms with E-state index in [-0.39, 0.29) is 23.3 Å². The molecule has 1 aromatic rings. The minimum atomic E-state index is -1.21. The number of carbonyl (C=O) groups is 3. The van der Waals surface area contributed by atoms with Gasteiger partial charge in [-0.3, -0.25) is 0 Å². The lowest BCUT2D eigenvalue weighted by Gasteiger charge is -2.17. The monoisotopic (exact) mass is 306 g/mol. The molecule has 0 spiro atoms. The highest BCUT2D eigenvalue weighted by atomic mass is 16.6. The molecule has 0 aromatic heterocycles. The zero-order valence-electron chi connectivity index (χ0n) is 12.5. The molecule has 0 aliphatic rings. The van der Waals surface area contributed by atoms with E-state index in [1.54, 1.807) is 13.0 Å². The normalized spacial score (nSPS) is 11.4. The van der Waals surface area contributed by atoms with Crippen LogP contribution in [0.1, 0.15) is 41.0 Å². The van der Waals surface area contributed by atoms with Crippen LogP contribution in [0.4, 0.5) is 0 Å². The quantitative estimate of drug-likeness (QED) is 0.614. The fraction of sp³-hybridized carbons (Fsp3) is 0.312. The Hall–Kier alpha value is -2.63. The van der Waals surface area contributed by atoms with Gasteiger partial charge < -0.3 is 14.6 Å². The molecule has 1 rings (SSSR count). The van der Waals surface area contributed by atoms with E-state index in [9.17, 15) is 14.4 Å². The lowest BCUT2D eigenvalue weighted by atomic mass is 10.1. The number of ether oxygens (including phenoxy) is 2. The van der Waals surface area contributed by atoms with E-state index in [1.807, 2.05) is 0 Å². The van der Waals surface area contributed by atoms with Crippen molar-refractivity contribution in [3.63, 3.8) is 0 Å². The van der Waals surface area contributed by atoms with Gasteiger partial charge in [0, 0.05) is 5.57 Å². The minimum Gasteiger partial charge on any atom is -0.478 e. The van der Waals surface area contributed by atoms with Gasteiger partial charge in [-0.2, -0.15) is 0 Å². The molecule has 1 atom stereocenters. The van der Waals surface area contributed by atoms with Gasteiger partial charge in [-0.15, -0.1) is 0 Å². The van der Waals surface area contributed by atoms with E-state index in [1.165, 1.54) is 25.1 Å². The van der Waals surface area contributed by atoms with Crippen molar-refractivity contribution in [1.29, 1.82) is 0 Å². The lowest BCUT2D eigenvalue weighted by molar-refractivity contribution is -0.142. The van der Waals surface area contributed by atoms with Gasteiger partial charge >= 0.3 is 17.9 Å². The number of aromatic carboxylic acids is 1. The fourth-order valence-electron chi connectivity index (χ4n) is 1.59. The average molecular weight is 306 g/mol. The Morgan fingerprint density at radius 3 is 2.32 bits per heavy atom. The first kappa shape index (κ1) is 17.4. The van der Waals surface area contributed by atoms with Crippen LogP contribution in [-0.4, -0.2) is 35.7 Å². The second kappa shape index (κ2) is 7.97. The zero-order valence-corrected chi connectivity index (χ0v) is 12.5. The van der Waals surface area contributed by atoms with Crippen LogP contribution in [-0.2, 0) is 14.3 Å². The number of rotatable bonds is 7. The molecule has 1 unspecified atom stereocenters. The number of carboxylic acids is 1. The number of benzene rings is 1. The Balaban J connectivity index is 2.75. The summed E-state index contributed by atoms with van der Waals surface area (Å²) in [6.45, 7) is 6.61. The van der Waals surface area contributed by atoms with Crippen LogP contribution in [0.15, 0.2) is 36.4 Å². The molecule has 0 amide bonds. The Labute approximate surface area is 128 Å². The zero-order chi connectivity index (χ0) is 16.7. The molecule has 0 saturated heterocycles. The smallest absolute Gasteiger partial charge is 0.339 e. The van der Waals surface area contributed by atoms with Crippen molar-refractivity contribution in [2.45, 2.75) is 26.4 Å². The molecule has 0 aliphatic carbocycles. The van der Waals surface area contributed by atoms with Crippen LogP contribution < -0.4 is 0 Å². The number of esters is 2. The van der Waals surface area contributed by atoms with E-state index >= 15 is 0 Å². The van der Waals surface area contributed by atoms with Gasteiger partial charge in [0.25, 0.3) is 0 Å². The first-order valence-corrected chi connectivity index (χ1v) is 6.72. The molecule has 22 heavy (non-hydrogen) atoms. The van der Waals surface area contributed by atoms with E-state index in [2.05, 4.69) is 6.58 Å². The second-order valence-corrected chi connectivity index (χ2v) is 4.67. The van der Waals surface area contributed by atoms with Crippen molar-refractivity contribution in [1.82, 2.24) is 0 Å². The maximum Gasteiger partial charge on any atom is 0.339 e. The van der Waals surface area contributed by atoms with E-state index in [0.717, 1.165) is 0 Å². The van der Waals surface area contributed by atoms with E-state index in [0.29, 0.717) is 6.42 Å². The summed E-state index contributed by atoms with van der Waals surface area (Å²) < 4.78 is 10.1. The summed E-state index contributed by atoms with van der Waals surface area (Å²) in [5, 5.41) is 9.06. The van der Waals surface area contributed by atoms with Gasteiger partial charge in [0.1, 0.15) is 12.7 Å². The Bertz CT molecular complexity index is 590. The van der Waals surface area contributed by atoms with Crippen LogP contribution in [0.3, 0.4) is 0 Å². The van der Waals surface area contributed by atoms with Gasteiger partial charge in [-0.05, 0) is 25.5 Å². The third-order valence-corrected chi connectivity index (χ3v) is 2.86. The van der Waals surface area contributed by atoms with Gasteiger partial charge in [0.05, 0.1) is 11.1 Å². The summed E-state index contributed by atoms with van der Waals surface area (Å²) in [6.07, 6.45) is -0.234. The first-order chi connectivity index (χ1) is 10.4. The molecule has 6 nitrogen and oxygen atoms in total. The number of carbonyl (C=O) groups excluding carboxylic acids is 2. The molecule has 0 radical (unpaired) electrons. The molecule has 0 fully saturated rings. The number of hydrogen-bond acceptors (Lipinski definition) is 5. The van der Waals surface area contributed by atoms with Crippen LogP contribution in [0.2, 0.25) is 0 Å². The third kappa shape index (κ3) is 4.73. The summed E-state index contributed by atoms with van der Waals surface area (Å²) in [5.74, 6) is -2.55. The van der Waals surface area contributed by atoms with Gasteiger partial charge in [-0.25, -0.2) is 14.4 Å². The van der Waals surface area contributed by atoms with Crippen molar-refractivity contribution in [3.8, 4) is 0 Å². The lowest BCUT2D eigenvalue weighted by Crippen LogP contribution is -2.25. The minimum absolute atomic E-state index is 0.0420. The van der Waals surface area contributed by atoms with Gasteiger partial charge in [-0.1, -0.05) is 25.6 Å². The molecule has 0 saturated carbocycles. The van der Waals surface area contributed by atoms with Crippen LogP contribution in [0.5, 0.6) is 0 Å². The topological polar surface area (TPSA) is 89.9 Å². The van der Waals surface area contributed by atoms with Crippen molar-refractivity contribution < 1.29 is 29.0 Å². The third-order valence-electron chi connectivity index (χ3n) is 2.86. The predicted molar refractivity (Wildman–Crippen MR) is 78.7 cm³/mol. The molecule has 0 aliphatic heterocycles. The number of hydrogen-bond donors (Lipinski definition) is 1. The standard InChI is InChI=1S/C16H18O6/c1-4-11(9-21-15(19)10(2)3)22-16(20)13-8-6-5-7-12(13)14(17)18/h5-8,11H,2,4,9H2,1,3H3,(H,17,18). The van der Waals surface area contributed by atoms with Crippen LogP contribution >= 0.6 is 0 Å². The van der Waals surface area contributed by atoms with Gasteiger partial charge in [0.15, 0.2) is 0 Å². The highest BCUT2D eigenvalue weighted by molar-refractivity contribution is 6.02. The Morgan fingerprint density at radius 1 is 1.23 bits per heavy atom. The van der Waals surface area contributed by atoms with Gasteiger partial charge in [0.2, 0.25) is 0 Å². The van der Waals surface area contributed by atoms with E-state index in [4.69, 9.17) is 14.6 Å². The maximum atomic E-state index is 12.1. The summed E-state index contributed by atoms with van der Waals surface area (Å²) in [7, 11) is 0. The molecular formula is C16H18O6. The second-order valence-electron chi connectivity index (χ2n) is 4.67. The van der Waals surface area contributed by atoms with Crippen molar-refractivity contribution in [2.75, 3.05) is 6.61 Å². The number of carboxylic acid groups (broad SMARTS) is 1.